The molecule has 138 valence electrons. The summed E-state index contributed by atoms with van der Waals surface area (Å²) in [7, 11) is 0. The Labute approximate surface area is 147 Å². The smallest absolute Gasteiger partial charge is 0.408 e. The van der Waals surface area contributed by atoms with E-state index in [1.807, 2.05) is 0 Å². The molecule has 0 aliphatic carbocycles. The third-order valence-corrected chi connectivity index (χ3v) is 2.88. The van der Waals surface area contributed by atoms with Gasteiger partial charge in [-0.25, -0.2) is 4.79 Å². The van der Waals surface area contributed by atoms with Gasteiger partial charge in [0.25, 0.3) is 0 Å². The van der Waals surface area contributed by atoms with E-state index >= 15 is 0 Å². The molecule has 0 aliphatic rings. The number of anilines is 1. The summed E-state index contributed by atoms with van der Waals surface area (Å²) in [6, 6.07) is 5.95. The van der Waals surface area contributed by atoms with Gasteiger partial charge >= 0.3 is 6.09 Å². The molecular weight excluding hydrogens is 326 g/mol. The van der Waals surface area contributed by atoms with Crippen molar-refractivity contribution in [1.29, 1.82) is 0 Å². The Morgan fingerprint density at radius 1 is 1.20 bits per heavy atom. The molecule has 0 aromatic heterocycles. The molecule has 0 bridgehead atoms. The lowest BCUT2D eigenvalue weighted by molar-refractivity contribution is -0.119. The van der Waals surface area contributed by atoms with Crippen molar-refractivity contribution >= 4 is 23.6 Å². The van der Waals surface area contributed by atoms with E-state index in [-0.39, 0.29) is 13.0 Å². The van der Waals surface area contributed by atoms with Crippen LogP contribution in [0.4, 0.5) is 10.5 Å². The van der Waals surface area contributed by atoms with Crippen molar-refractivity contribution in [3.05, 3.63) is 24.3 Å². The lowest BCUT2D eigenvalue weighted by atomic mass is 10.2. The average Bonchev–Trinajstić information content (AvgIpc) is 2.46. The summed E-state index contributed by atoms with van der Waals surface area (Å²) in [6.45, 7) is 6.84. The monoisotopic (exact) mass is 351 g/mol. The first-order valence-corrected chi connectivity index (χ1v) is 7.89. The maximum atomic E-state index is 12.2. The molecule has 8 nitrogen and oxygen atoms in total. The van der Waals surface area contributed by atoms with Gasteiger partial charge in [0.05, 0.1) is 18.7 Å². The summed E-state index contributed by atoms with van der Waals surface area (Å²) < 4.78 is 10.6. The molecule has 4 N–H and O–H groups in total. The number of para-hydroxylation sites is 2. The second-order valence-corrected chi connectivity index (χ2v) is 6.42. The molecule has 8 heteroatoms. The number of hydrogen-bond acceptors (Lipinski definition) is 5. The van der Waals surface area contributed by atoms with Gasteiger partial charge in [0.1, 0.15) is 17.4 Å². The van der Waals surface area contributed by atoms with Gasteiger partial charge in [-0.2, -0.15) is 0 Å². The predicted octanol–water partition coefficient (Wildman–Crippen LogP) is 1.79. The summed E-state index contributed by atoms with van der Waals surface area (Å²) in [4.78, 5) is 34.7. The van der Waals surface area contributed by atoms with E-state index in [9.17, 15) is 14.4 Å². The molecule has 0 fully saturated rings. The minimum absolute atomic E-state index is 0.0683. The summed E-state index contributed by atoms with van der Waals surface area (Å²) >= 11 is 0. The van der Waals surface area contributed by atoms with E-state index in [2.05, 4.69) is 10.6 Å². The molecule has 0 spiro atoms. The molecule has 0 radical (unpaired) electrons. The number of nitrogens with two attached hydrogens (primary N) is 1. The van der Waals surface area contributed by atoms with Crippen LogP contribution in [0.1, 0.15) is 34.1 Å². The van der Waals surface area contributed by atoms with Crippen molar-refractivity contribution < 1.29 is 23.9 Å². The zero-order valence-electron chi connectivity index (χ0n) is 14.9. The zero-order valence-corrected chi connectivity index (χ0v) is 14.9. The Balaban J connectivity index is 2.64. The fourth-order valence-electron chi connectivity index (χ4n) is 1.75. The Morgan fingerprint density at radius 2 is 1.84 bits per heavy atom. The summed E-state index contributed by atoms with van der Waals surface area (Å²) in [5.41, 5.74) is 4.84. The maximum absolute atomic E-state index is 12.2. The lowest BCUT2D eigenvalue weighted by Crippen LogP contribution is -2.44. The molecule has 1 aromatic carbocycles. The molecule has 1 rings (SSSR count). The average molecular weight is 351 g/mol. The zero-order chi connectivity index (χ0) is 19.0. The minimum Gasteiger partial charge on any atom is -0.491 e. The highest BCUT2D eigenvalue weighted by Crippen LogP contribution is 2.24. The molecule has 0 saturated heterocycles. The van der Waals surface area contributed by atoms with Gasteiger partial charge in [0.2, 0.25) is 11.8 Å². The first-order chi connectivity index (χ1) is 11.6. The third kappa shape index (κ3) is 8.05. The highest BCUT2D eigenvalue weighted by Gasteiger charge is 2.21. The Morgan fingerprint density at radius 3 is 2.44 bits per heavy atom. The molecular formula is C17H25N3O5. The van der Waals surface area contributed by atoms with Crippen LogP contribution in [0.15, 0.2) is 24.3 Å². The highest BCUT2D eigenvalue weighted by molar-refractivity contribution is 5.97. The van der Waals surface area contributed by atoms with Gasteiger partial charge in [0, 0.05) is 0 Å². The summed E-state index contributed by atoms with van der Waals surface area (Å²) in [5, 5.41) is 5.13. The molecule has 0 saturated carbocycles. The molecule has 3 amide bonds. The van der Waals surface area contributed by atoms with Gasteiger partial charge in [0.15, 0.2) is 0 Å². The van der Waals surface area contributed by atoms with Crippen molar-refractivity contribution in [2.45, 2.75) is 45.8 Å². The molecule has 0 heterocycles. The fourth-order valence-corrected chi connectivity index (χ4v) is 1.75. The van der Waals surface area contributed by atoms with Crippen LogP contribution in [-0.2, 0) is 14.3 Å². The van der Waals surface area contributed by atoms with Gasteiger partial charge in [-0.15, -0.1) is 0 Å². The van der Waals surface area contributed by atoms with Crippen LogP contribution >= 0.6 is 0 Å². The van der Waals surface area contributed by atoms with E-state index in [0.29, 0.717) is 11.4 Å². The number of ether oxygens (including phenoxy) is 2. The standard InChI is InChI=1S/C17H25N3O5/c1-11(19-16(23)25-17(2,3)4)15(22)20-12-7-5-6-8-13(12)24-10-9-14(18)21/h5-8,11H,9-10H2,1-4H3,(H2,18,21)(H,19,23)(H,20,22)/t11-/m1/s1. The SMILES string of the molecule is C[C@@H](NC(=O)OC(C)(C)C)C(=O)Nc1ccccc1OCCC(N)=O. The number of carbonyl (C=O) groups is 3. The van der Waals surface area contributed by atoms with Crippen molar-refractivity contribution in [3.63, 3.8) is 0 Å². The Hall–Kier alpha value is -2.77. The largest absolute Gasteiger partial charge is 0.491 e. The van der Waals surface area contributed by atoms with Crippen LogP contribution in [0.25, 0.3) is 0 Å². The highest BCUT2D eigenvalue weighted by atomic mass is 16.6. The van der Waals surface area contributed by atoms with E-state index in [1.54, 1.807) is 45.0 Å². The quantitative estimate of drug-likeness (QED) is 0.692. The van der Waals surface area contributed by atoms with Crippen LogP contribution in [0, 0.1) is 0 Å². The number of primary amides is 1. The fraction of sp³-hybridized carbons (Fsp3) is 0.471. The first kappa shape index (κ1) is 20.3. The van der Waals surface area contributed by atoms with Crippen LogP contribution < -0.4 is 21.1 Å². The predicted molar refractivity (Wildman–Crippen MR) is 93.2 cm³/mol. The van der Waals surface area contributed by atoms with Crippen LogP contribution in [0.2, 0.25) is 0 Å². The first-order valence-electron chi connectivity index (χ1n) is 7.89. The number of alkyl carbamates (subject to hydrolysis) is 1. The van der Waals surface area contributed by atoms with E-state index in [0.717, 1.165) is 0 Å². The van der Waals surface area contributed by atoms with Crippen LogP contribution in [0.3, 0.4) is 0 Å². The normalized spacial score (nSPS) is 12.0. The van der Waals surface area contributed by atoms with Crippen molar-refractivity contribution in [3.8, 4) is 5.75 Å². The second-order valence-electron chi connectivity index (χ2n) is 6.42. The number of benzene rings is 1. The number of nitrogens with one attached hydrogen (secondary N) is 2. The number of carbonyl (C=O) groups excluding carboxylic acids is 3. The molecule has 25 heavy (non-hydrogen) atoms. The summed E-state index contributed by atoms with van der Waals surface area (Å²) in [6.07, 6.45) is -0.611. The number of rotatable bonds is 7. The summed E-state index contributed by atoms with van der Waals surface area (Å²) in [5.74, 6) is -0.505. The van der Waals surface area contributed by atoms with E-state index in [1.165, 1.54) is 6.92 Å². The third-order valence-electron chi connectivity index (χ3n) is 2.88. The maximum Gasteiger partial charge on any atom is 0.408 e. The lowest BCUT2D eigenvalue weighted by Gasteiger charge is -2.22. The molecule has 0 unspecified atom stereocenters. The Bertz CT molecular complexity index is 625. The van der Waals surface area contributed by atoms with Crippen molar-refractivity contribution in [2.75, 3.05) is 11.9 Å². The van der Waals surface area contributed by atoms with E-state index in [4.69, 9.17) is 15.2 Å². The van der Waals surface area contributed by atoms with Gasteiger partial charge < -0.3 is 25.8 Å². The second kappa shape index (κ2) is 8.91. The molecule has 1 atom stereocenters. The van der Waals surface area contributed by atoms with Gasteiger partial charge in [-0.3, -0.25) is 9.59 Å². The van der Waals surface area contributed by atoms with Gasteiger partial charge in [-0.05, 0) is 39.8 Å². The number of hydrogen-bond donors (Lipinski definition) is 3. The number of amides is 3. The Kier molecular flexibility index (Phi) is 7.22. The molecule has 1 aromatic rings. The van der Waals surface area contributed by atoms with Crippen LogP contribution in [0.5, 0.6) is 5.75 Å². The molecule has 0 aliphatic heterocycles. The topological polar surface area (TPSA) is 120 Å². The van der Waals surface area contributed by atoms with E-state index < -0.39 is 29.6 Å². The van der Waals surface area contributed by atoms with Crippen LogP contribution in [-0.4, -0.2) is 36.2 Å². The van der Waals surface area contributed by atoms with Gasteiger partial charge in [-0.1, -0.05) is 12.1 Å². The van der Waals surface area contributed by atoms with Crippen molar-refractivity contribution in [2.24, 2.45) is 5.73 Å². The minimum atomic E-state index is -0.812. The van der Waals surface area contributed by atoms with Crippen molar-refractivity contribution in [1.82, 2.24) is 5.32 Å².